The van der Waals surface area contributed by atoms with E-state index in [1.54, 1.807) is 0 Å². The molecule has 0 rings (SSSR count). The Kier molecular flexibility index (Phi) is 14.0. The van der Waals surface area contributed by atoms with E-state index in [2.05, 4.69) is 0 Å². The molecule has 74 valence electrons. The maximum absolute atomic E-state index is 9.85. The van der Waals surface area contributed by atoms with Gasteiger partial charge in [-0.3, -0.25) is 9.59 Å². The number of carbonyl (C=O) groups is 4. The molecule has 0 aromatic heterocycles. The second-order valence-corrected chi connectivity index (χ2v) is 1.93. The molecule has 0 fully saturated rings. The average Bonchev–Trinajstić information content (AvgIpc) is 2.03. The predicted molar refractivity (Wildman–Crippen MR) is 38.6 cm³/mol. The summed E-state index contributed by atoms with van der Waals surface area (Å²) >= 11 is 0. The number of carboxylic acids is 2. The summed E-state index contributed by atoms with van der Waals surface area (Å²) in [6, 6.07) is 0. The van der Waals surface area contributed by atoms with E-state index in [1.807, 2.05) is 0 Å². The van der Waals surface area contributed by atoms with Gasteiger partial charge in [-0.1, -0.05) is 6.92 Å². The van der Waals surface area contributed by atoms with E-state index < -0.39 is 23.5 Å². The third-order valence-corrected chi connectivity index (χ3v) is 0.850. The fraction of sp³-hybridized carbons (Fsp3) is 0.429. The summed E-state index contributed by atoms with van der Waals surface area (Å²) in [6.07, 6.45) is 0.0162. The van der Waals surface area contributed by atoms with Gasteiger partial charge in [0.25, 0.3) is 0 Å². The van der Waals surface area contributed by atoms with Gasteiger partial charge in [-0.2, -0.15) is 0 Å². The van der Waals surface area contributed by atoms with Crippen LogP contribution in [0.3, 0.4) is 0 Å². The number of hydrogen-bond acceptors (Lipinski definition) is 5. The van der Waals surface area contributed by atoms with Gasteiger partial charge in [-0.05, 0) is 0 Å². The van der Waals surface area contributed by atoms with Crippen LogP contribution < -0.4 is 34.7 Å². The number of rotatable bonds is 3. The number of carboxylic acid groups (broad SMARTS) is 2. The van der Waals surface area contributed by atoms with Crippen LogP contribution in [-0.2, 0) is 19.2 Å². The van der Waals surface area contributed by atoms with Gasteiger partial charge < -0.3 is 15.0 Å². The topological polar surface area (TPSA) is 112 Å². The van der Waals surface area contributed by atoms with Crippen LogP contribution >= 0.6 is 0 Å². The van der Waals surface area contributed by atoms with E-state index in [0.29, 0.717) is 0 Å². The summed E-state index contributed by atoms with van der Waals surface area (Å²) in [5.41, 5.74) is 0. The first-order valence-electron chi connectivity index (χ1n) is 3.30. The summed E-state index contributed by atoms with van der Waals surface area (Å²) in [7, 11) is 0. The molecule has 1 N–H and O–H groups in total. The van der Waals surface area contributed by atoms with E-state index in [9.17, 15) is 24.3 Å². The van der Waals surface area contributed by atoms with Crippen molar-refractivity contribution in [1.29, 1.82) is 0 Å². The summed E-state index contributed by atoms with van der Waals surface area (Å²) in [6.45, 7) is 2.47. The van der Waals surface area contributed by atoms with Gasteiger partial charge in [-0.25, -0.2) is 4.79 Å². The molecule has 0 aromatic carbocycles. The average molecular weight is 212 g/mol. The number of carbonyl (C=O) groups excluding carboxylic acids is 3. The Morgan fingerprint density at radius 2 is 1.50 bits per heavy atom. The Bertz CT molecular complexity index is 222. The van der Waals surface area contributed by atoms with Crippen LogP contribution in [-0.4, -0.2) is 28.6 Å². The molecular weight excluding hydrogens is 203 g/mol. The fourth-order valence-corrected chi connectivity index (χ4v) is 0.144. The molecule has 6 nitrogen and oxygen atoms in total. The monoisotopic (exact) mass is 212 g/mol. The van der Waals surface area contributed by atoms with Crippen LogP contribution in [0.5, 0.6) is 0 Å². The Hall–Kier alpha value is -0.720. The van der Waals surface area contributed by atoms with Crippen molar-refractivity contribution >= 4 is 23.5 Å². The maximum atomic E-state index is 9.85. The van der Waals surface area contributed by atoms with Crippen LogP contribution in [0.15, 0.2) is 0 Å². The minimum Gasteiger partial charge on any atom is -0.542 e. The van der Waals surface area contributed by atoms with E-state index in [-0.39, 0.29) is 36.0 Å². The molecule has 0 radical (unpaired) electrons. The van der Waals surface area contributed by atoms with Gasteiger partial charge in [0.2, 0.25) is 5.78 Å². The molecule has 0 aliphatic carbocycles. The molecule has 0 saturated carbocycles. The fourth-order valence-electron chi connectivity index (χ4n) is 0.144. The standard InChI is InChI=1S/C4H6O3.C3H4O3.Na/c1-2-3(5)4(6)7;1-2(4)3(5)6;/h2H2,1H3,(H,6,7);1H3,(H,5,6);/q;;+1/p-1. The molecule has 0 aliphatic heterocycles. The molecule has 0 heterocycles. The van der Waals surface area contributed by atoms with Crippen molar-refractivity contribution < 1.29 is 58.9 Å². The second-order valence-electron chi connectivity index (χ2n) is 1.93. The van der Waals surface area contributed by atoms with Crippen molar-refractivity contribution in [2.24, 2.45) is 0 Å². The summed E-state index contributed by atoms with van der Waals surface area (Å²) in [5.74, 6) is -4.65. The number of Topliss-reactive ketones (excluding diaryl/α,β-unsaturated/α-hetero) is 2. The first kappa shape index (κ1) is 18.9. The molecular formula is C7H9NaO6. The van der Waals surface area contributed by atoms with Gasteiger partial charge in [-0.15, -0.1) is 0 Å². The predicted octanol–water partition coefficient (Wildman–Crippen LogP) is -4.62. The Morgan fingerprint density at radius 1 is 1.21 bits per heavy atom. The van der Waals surface area contributed by atoms with E-state index in [1.165, 1.54) is 6.92 Å². The molecule has 0 amide bonds. The van der Waals surface area contributed by atoms with Crippen LogP contribution in [0, 0.1) is 0 Å². The van der Waals surface area contributed by atoms with Crippen molar-refractivity contribution in [3.8, 4) is 0 Å². The molecule has 0 bridgehead atoms. The molecule has 0 atom stereocenters. The minimum absolute atomic E-state index is 0. The summed E-state index contributed by atoms with van der Waals surface area (Å²) in [4.78, 5) is 38.2. The SMILES string of the molecule is CC(=O)C(=O)O.CCC(=O)C(=O)[O-].[Na+]. The van der Waals surface area contributed by atoms with Gasteiger partial charge >= 0.3 is 35.5 Å². The van der Waals surface area contributed by atoms with E-state index in [4.69, 9.17) is 5.11 Å². The molecule has 0 aromatic rings. The second kappa shape index (κ2) is 10.4. The molecule has 0 saturated heterocycles. The molecule has 14 heavy (non-hydrogen) atoms. The number of aliphatic carboxylic acids is 2. The van der Waals surface area contributed by atoms with Gasteiger partial charge in [0.15, 0.2) is 5.78 Å². The molecule has 0 unspecified atom stereocenters. The van der Waals surface area contributed by atoms with E-state index >= 15 is 0 Å². The van der Waals surface area contributed by atoms with Crippen molar-refractivity contribution in [2.75, 3.05) is 0 Å². The van der Waals surface area contributed by atoms with Crippen molar-refractivity contribution in [3.63, 3.8) is 0 Å². The maximum Gasteiger partial charge on any atom is 1.00 e. The molecule has 0 spiro atoms. The number of ketones is 2. The Morgan fingerprint density at radius 3 is 1.50 bits per heavy atom. The largest absolute Gasteiger partial charge is 1.00 e. The zero-order chi connectivity index (χ0) is 11.0. The van der Waals surface area contributed by atoms with Crippen LogP contribution in [0.2, 0.25) is 0 Å². The zero-order valence-electron chi connectivity index (χ0n) is 8.20. The number of hydrogen-bond donors (Lipinski definition) is 1. The third kappa shape index (κ3) is 13.8. The van der Waals surface area contributed by atoms with Crippen molar-refractivity contribution in [3.05, 3.63) is 0 Å². The van der Waals surface area contributed by atoms with Crippen LogP contribution in [0.1, 0.15) is 20.3 Å². The zero-order valence-corrected chi connectivity index (χ0v) is 10.2. The van der Waals surface area contributed by atoms with E-state index in [0.717, 1.165) is 6.92 Å². The van der Waals surface area contributed by atoms with Gasteiger partial charge in [0.1, 0.15) is 5.97 Å². The third-order valence-electron chi connectivity index (χ3n) is 0.850. The smallest absolute Gasteiger partial charge is 0.542 e. The Balaban J connectivity index is -0.000000163. The first-order chi connectivity index (χ1) is 5.82. The van der Waals surface area contributed by atoms with Crippen molar-refractivity contribution in [2.45, 2.75) is 20.3 Å². The van der Waals surface area contributed by atoms with Gasteiger partial charge in [0, 0.05) is 13.3 Å². The quantitative estimate of drug-likeness (QED) is 0.372. The molecule has 7 heteroatoms. The normalized spacial score (nSPS) is 7.29. The Labute approximate surface area is 103 Å². The first-order valence-corrected chi connectivity index (χ1v) is 3.30. The summed E-state index contributed by atoms with van der Waals surface area (Å²) < 4.78 is 0. The summed E-state index contributed by atoms with van der Waals surface area (Å²) in [5, 5.41) is 17.1. The van der Waals surface area contributed by atoms with Crippen LogP contribution in [0.25, 0.3) is 0 Å². The van der Waals surface area contributed by atoms with Crippen molar-refractivity contribution in [1.82, 2.24) is 0 Å². The minimum atomic E-state index is -1.59. The van der Waals surface area contributed by atoms with Crippen LogP contribution in [0.4, 0.5) is 0 Å². The van der Waals surface area contributed by atoms with Gasteiger partial charge in [0.05, 0.1) is 0 Å². The molecule has 0 aliphatic rings.